The molecule has 52 heavy (non-hydrogen) atoms. The van der Waals surface area contributed by atoms with Gasteiger partial charge in [0.25, 0.3) is 5.91 Å². The number of carbonyl (C=O) groups is 3. The normalized spacial score (nSPS) is 25.7. The summed E-state index contributed by atoms with van der Waals surface area (Å²) in [4.78, 5) is 46.4. The van der Waals surface area contributed by atoms with Crippen LogP contribution in [-0.4, -0.2) is 90.6 Å². The van der Waals surface area contributed by atoms with Crippen molar-refractivity contribution >= 4 is 29.1 Å². The number of piperazine rings is 1. The third-order valence-electron chi connectivity index (χ3n) is 12.5. The van der Waals surface area contributed by atoms with E-state index in [1.165, 1.54) is 42.5 Å². The molecule has 5 aliphatic heterocycles. The predicted octanol–water partition coefficient (Wildman–Crippen LogP) is 5.02. The van der Waals surface area contributed by atoms with Gasteiger partial charge in [-0.3, -0.25) is 24.6 Å². The number of hydrogen-bond donors (Lipinski definition) is 2. The first-order valence-electron chi connectivity index (χ1n) is 19.4. The molecule has 6 aliphatic rings. The molecule has 5 heterocycles. The van der Waals surface area contributed by atoms with Gasteiger partial charge in [0.1, 0.15) is 11.8 Å². The molecule has 272 valence electrons. The van der Waals surface area contributed by atoms with Gasteiger partial charge in [-0.15, -0.1) is 0 Å². The van der Waals surface area contributed by atoms with Crippen molar-refractivity contribution in [1.82, 2.24) is 15.1 Å². The minimum absolute atomic E-state index is 0.121. The van der Waals surface area contributed by atoms with Crippen LogP contribution in [0.2, 0.25) is 0 Å². The van der Waals surface area contributed by atoms with E-state index in [-0.39, 0.29) is 36.2 Å². The second kappa shape index (κ2) is 13.9. The monoisotopic (exact) mass is 703 g/mol. The Labute approximate surface area is 305 Å². The second-order valence-corrected chi connectivity index (χ2v) is 15.9. The molecule has 0 spiro atoms. The number of phenols is 1. The van der Waals surface area contributed by atoms with Gasteiger partial charge in [-0.25, -0.2) is 0 Å². The number of benzene rings is 3. The summed E-state index contributed by atoms with van der Waals surface area (Å²) in [6, 6.07) is 20.5. The number of aromatic hydroxyl groups is 1. The summed E-state index contributed by atoms with van der Waals surface area (Å²) in [5.74, 6) is 1.23. The summed E-state index contributed by atoms with van der Waals surface area (Å²) in [5, 5.41) is 12.5. The Morgan fingerprint density at radius 3 is 2.25 bits per heavy atom. The molecular formula is C42H49N5O5. The number of phenolic OH excluding ortho intramolecular Hbond substituents is 1. The highest BCUT2D eigenvalue weighted by atomic mass is 16.5. The zero-order chi connectivity index (χ0) is 35.3. The van der Waals surface area contributed by atoms with Gasteiger partial charge >= 0.3 is 0 Å². The fourth-order valence-electron chi connectivity index (χ4n) is 9.37. The van der Waals surface area contributed by atoms with Crippen molar-refractivity contribution in [3.05, 3.63) is 88.5 Å². The summed E-state index contributed by atoms with van der Waals surface area (Å²) in [7, 11) is 0. The minimum atomic E-state index is -0.584. The smallest absolute Gasteiger partial charge is 0.255 e. The molecule has 0 bridgehead atoms. The summed E-state index contributed by atoms with van der Waals surface area (Å²) in [6.45, 7) is 8.23. The van der Waals surface area contributed by atoms with E-state index in [1.54, 1.807) is 4.90 Å². The van der Waals surface area contributed by atoms with Gasteiger partial charge in [0, 0.05) is 81.6 Å². The molecule has 4 fully saturated rings. The summed E-state index contributed by atoms with van der Waals surface area (Å²) >= 11 is 0. The average Bonchev–Trinajstić information content (AvgIpc) is 3.92. The highest BCUT2D eigenvalue weighted by Gasteiger charge is 2.40. The van der Waals surface area contributed by atoms with E-state index in [2.05, 4.69) is 56.4 Å². The lowest BCUT2D eigenvalue weighted by Gasteiger charge is -2.40. The van der Waals surface area contributed by atoms with Crippen LogP contribution >= 0.6 is 0 Å². The van der Waals surface area contributed by atoms with E-state index in [0.29, 0.717) is 36.8 Å². The number of amides is 3. The molecule has 3 atom stereocenters. The van der Waals surface area contributed by atoms with Crippen molar-refractivity contribution < 1.29 is 24.2 Å². The average molecular weight is 704 g/mol. The number of rotatable bonds is 8. The van der Waals surface area contributed by atoms with Crippen LogP contribution in [0.25, 0.3) is 0 Å². The Balaban J connectivity index is 0.765. The fourth-order valence-corrected chi connectivity index (χ4v) is 9.37. The van der Waals surface area contributed by atoms with Crippen molar-refractivity contribution in [3.63, 3.8) is 0 Å². The van der Waals surface area contributed by atoms with Crippen molar-refractivity contribution in [2.75, 3.05) is 55.6 Å². The van der Waals surface area contributed by atoms with Crippen molar-refractivity contribution in [2.24, 2.45) is 11.8 Å². The lowest BCUT2D eigenvalue weighted by molar-refractivity contribution is -0.136. The molecule has 1 aliphatic carbocycles. The molecule has 3 amide bonds. The number of imide groups is 1. The first kappa shape index (κ1) is 33.4. The summed E-state index contributed by atoms with van der Waals surface area (Å²) < 4.78 is 6.41. The zero-order valence-electron chi connectivity index (χ0n) is 29.8. The van der Waals surface area contributed by atoms with Gasteiger partial charge < -0.3 is 24.5 Å². The lowest BCUT2D eigenvalue weighted by Crippen LogP contribution is -2.52. The van der Waals surface area contributed by atoms with Gasteiger partial charge in [0.2, 0.25) is 11.8 Å². The maximum absolute atomic E-state index is 13.1. The molecule has 0 unspecified atom stereocenters. The number of carbonyl (C=O) groups excluding carboxylic acids is 3. The Hall–Kier alpha value is -4.41. The van der Waals surface area contributed by atoms with Gasteiger partial charge in [0.05, 0.1) is 12.7 Å². The van der Waals surface area contributed by atoms with Crippen LogP contribution in [0.1, 0.15) is 83.5 Å². The number of nitrogens with zero attached hydrogens (tertiary/aromatic N) is 4. The highest BCUT2D eigenvalue weighted by Crippen LogP contribution is 2.44. The van der Waals surface area contributed by atoms with Crippen molar-refractivity contribution in [2.45, 2.75) is 76.2 Å². The number of hydrogen-bond acceptors (Lipinski definition) is 8. The molecule has 3 aromatic carbocycles. The van der Waals surface area contributed by atoms with Crippen LogP contribution in [0.4, 0.5) is 11.4 Å². The van der Waals surface area contributed by atoms with Gasteiger partial charge in [0.15, 0.2) is 0 Å². The van der Waals surface area contributed by atoms with E-state index in [9.17, 15) is 19.5 Å². The van der Waals surface area contributed by atoms with Gasteiger partial charge in [-0.1, -0.05) is 31.0 Å². The SMILES string of the molecule is O=C1CC[C@H](N2Cc3cc(N4CCN(CC5CCN(c6ccc([C@H]7c8ccc(O)cc8CO[C@H]7CC7CC7)cc6)CC5)CC4)ccc3C2=O)C(=O)N1. The summed E-state index contributed by atoms with van der Waals surface area (Å²) in [5.41, 5.74) is 7.76. The van der Waals surface area contributed by atoms with Crippen LogP contribution in [-0.2, 0) is 27.5 Å². The van der Waals surface area contributed by atoms with Crippen LogP contribution < -0.4 is 15.1 Å². The molecule has 0 aromatic heterocycles. The highest BCUT2D eigenvalue weighted by molar-refractivity contribution is 6.05. The van der Waals surface area contributed by atoms with Gasteiger partial charge in [-0.2, -0.15) is 0 Å². The van der Waals surface area contributed by atoms with E-state index < -0.39 is 6.04 Å². The topological polar surface area (TPSA) is 106 Å². The van der Waals surface area contributed by atoms with E-state index >= 15 is 0 Å². The number of nitrogens with one attached hydrogen (secondary N) is 1. The zero-order valence-corrected chi connectivity index (χ0v) is 29.8. The van der Waals surface area contributed by atoms with E-state index in [1.807, 2.05) is 24.3 Å². The van der Waals surface area contributed by atoms with Crippen molar-refractivity contribution in [3.8, 4) is 5.75 Å². The number of ether oxygens (including phenoxy) is 1. The first-order chi connectivity index (χ1) is 25.4. The molecule has 10 nitrogen and oxygen atoms in total. The number of fused-ring (bicyclic) bond motifs is 2. The van der Waals surface area contributed by atoms with E-state index in [4.69, 9.17) is 4.74 Å². The number of anilines is 2. The number of piperidine rings is 2. The third kappa shape index (κ3) is 6.67. The molecule has 0 radical (unpaired) electrons. The minimum Gasteiger partial charge on any atom is -0.508 e. The van der Waals surface area contributed by atoms with Crippen molar-refractivity contribution in [1.29, 1.82) is 0 Å². The Morgan fingerprint density at radius 2 is 1.50 bits per heavy atom. The Morgan fingerprint density at radius 1 is 0.750 bits per heavy atom. The fraction of sp³-hybridized carbons (Fsp3) is 0.500. The lowest BCUT2D eigenvalue weighted by atomic mass is 9.80. The van der Waals surface area contributed by atoms with Gasteiger partial charge in [-0.05, 0) is 102 Å². The van der Waals surface area contributed by atoms with Crippen LogP contribution in [0.3, 0.4) is 0 Å². The molecule has 1 saturated carbocycles. The molecule has 3 aromatic rings. The predicted molar refractivity (Wildman–Crippen MR) is 198 cm³/mol. The maximum Gasteiger partial charge on any atom is 0.255 e. The maximum atomic E-state index is 13.1. The van der Waals surface area contributed by atoms with E-state index in [0.717, 1.165) is 75.0 Å². The molecule has 3 saturated heterocycles. The second-order valence-electron chi connectivity index (χ2n) is 15.9. The largest absolute Gasteiger partial charge is 0.508 e. The van der Waals surface area contributed by atoms with Crippen LogP contribution in [0.15, 0.2) is 60.7 Å². The quantitative estimate of drug-likeness (QED) is 0.316. The molecular weight excluding hydrogens is 654 g/mol. The van der Waals surface area contributed by atoms with Crippen LogP contribution in [0, 0.1) is 11.8 Å². The van der Waals surface area contributed by atoms with Crippen LogP contribution in [0.5, 0.6) is 5.75 Å². The first-order valence-corrected chi connectivity index (χ1v) is 19.4. The molecule has 2 N–H and O–H groups in total. The molecule has 10 heteroatoms. The Bertz CT molecular complexity index is 1840. The molecule has 9 rings (SSSR count). The third-order valence-corrected chi connectivity index (χ3v) is 12.5. The Kier molecular flexibility index (Phi) is 8.91. The standard InChI is InChI=1S/C42H49N5O5/c48-34-8-10-35-31(23-34)26-52-38(21-27-1-2-27)40(35)29-3-5-32(6-4-29)45-15-13-28(14-16-45)24-44-17-19-46(20-18-44)33-7-9-36-30(22-33)25-47(42(36)51)37-11-12-39(49)43-41(37)50/h3-10,22-23,27-28,37-38,40,48H,1-2,11-21,24-26H2,(H,43,49,50)/t37-,38-,40-/m0/s1. The summed E-state index contributed by atoms with van der Waals surface area (Å²) in [6.07, 6.45) is 6.96.